The Labute approximate surface area is 165 Å². The van der Waals surface area contributed by atoms with Crippen LogP contribution in [0.5, 0.6) is 11.5 Å². The molecule has 0 heterocycles. The summed E-state index contributed by atoms with van der Waals surface area (Å²) in [6, 6.07) is 8.20. The minimum Gasteiger partial charge on any atom is -0.504 e. The van der Waals surface area contributed by atoms with Gasteiger partial charge in [-0.25, -0.2) is 5.43 Å². The zero-order chi connectivity index (χ0) is 20.0. The van der Waals surface area contributed by atoms with Crippen molar-refractivity contribution in [1.29, 1.82) is 0 Å². The van der Waals surface area contributed by atoms with Crippen molar-refractivity contribution in [2.45, 2.75) is 12.5 Å². The highest BCUT2D eigenvalue weighted by molar-refractivity contribution is 6.38. The zero-order valence-electron chi connectivity index (χ0n) is 13.9. The van der Waals surface area contributed by atoms with Gasteiger partial charge in [-0.2, -0.15) is 0 Å². The second-order valence-electron chi connectivity index (χ2n) is 5.47. The summed E-state index contributed by atoms with van der Waals surface area (Å²) in [5.74, 6) is -1.49. The predicted molar refractivity (Wildman–Crippen MR) is 105 cm³/mol. The molecule has 8 nitrogen and oxygen atoms in total. The first kappa shape index (κ1) is 20.3. The maximum atomic E-state index is 12.4. The van der Waals surface area contributed by atoms with Crippen molar-refractivity contribution >= 4 is 41.3 Å². The van der Waals surface area contributed by atoms with E-state index in [0.29, 0.717) is 21.2 Å². The quantitative estimate of drug-likeness (QED) is 0.213. The fourth-order valence-corrected chi connectivity index (χ4v) is 2.62. The van der Waals surface area contributed by atoms with Gasteiger partial charge in [0.25, 0.3) is 5.91 Å². The molecule has 10 heteroatoms. The lowest BCUT2D eigenvalue weighted by atomic mass is 10.1. The minimum absolute atomic E-state index is 0.0955. The first-order chi connectivity index (χ1) is 12.8. The second kappa shape index (κ2) is 9.11. The fraction of sp³-hybridized carbons (Fsp3) is 0.118. The summed E-state index contributed by atoms with van der Waals surface area (Å²) in [6.45, 7) is 0. The Kier molecular flexibility index (Phi) is 6.86. The molecule has 0 saturated heterocycles. The van der Waals surface area contributed by atoms with E-state index in [1.807, 2.05) is 0 Å². The van der Waals surface area contributed by atoms with Crippen molar-refractivity contribution in [2.24, 2.45) is 21.6 Å². The molecule has 0 saturated carbocycles. The van der Waals surface area contributed by atoms with Gasteiger partial charge < -0.3 is 21.7 Å². The number of guanidine groups is 1. The average molecular weight is 410 g/mol. The van der Waals surface area contributed by atoms with E-state index in [0.717, 1.165) is 0 Å². The number of halogens is 2. The van der Waals surface area contributed by atoms with E-state index in [1.54, 1.807) is 24.3 Å². The van der Waals surface area contributed by atoms with Gasteiger partial charge in [0.1, 0.15) is 6.04 Å². The van der Waals surface area contributed by atoms with Crippen molar-refractivity contribution in [3.8, 4) is 11.5 Å². The lowest BCUT2D eigenvalue weighted by Crippen LogP contribution is -2.35. The van der Waals surface area contributed by atoms with Gasteiger partial charge in [-0.05, 0) is 29.8 Å². The fourth-order valence-electron chi connectivity index (χ4n) is 2.13. The number of nitrogens with one attached hydrogen (secondary N) is 1. The van der Waals surface area contributed by atoms with Crippen LogP contribution in [0.3, 0.4) is 0 Å². The number of nitrogens with zero attached hydrogens (tertiary/aromatic N) is 2. The van der Waals surface area contributed by atoms with Gasteiger partial charge in [0.05, 0.1) is 10.0 Å². The molecule has 7 N–H and O–H groups in total. The van der Waals surface area contributed by atoms with Crippen LogP contribution in [0.4, 0.5) is 0 Å². The van der Waals surface area contributed by atoms with Crippen LogP contribution in [-0.2, 0) is 11.2 Å². The maximum absolute atomic E-state index is 12.4. The number of nitrogens with two attached hydrogens (primary N) is 2. The summed E-state index contributed by atoms with van der Waals surface area (Å²) in [7, 11) is 0. The molecule has 0 unspecified atom stereocenters. The van der Waals surface area contributed by atoms with E-state index < -0.39 is 11.9 Å². The van der Waals surface area contributed by atoms with Crippen LogP contribution in [0, 0.1) is 0 Å². The van der Waals surface area contributed by atoms with E-state index in [-0.39, 0.29) is 23.9 Å². The first-order valence-electron chi connectivity index (χ1n) is 7.64. The van der Waals surface area contributed by atoms with Gasteiger partial charge in [-0.15, -0.1) is 5.10 Å². The molecule has 1 amide bonds. The third-order valence-corrected chi connectivity index (χ3v) is 4.11. The molecule has 0 bridgehead atoms. The third kappa shape index (κ3) is 5.77. The lowest BCUT2D eigenvalue weighted by Gasteiger charge is -2.12. The Morgan fingerprint density at radius 2 is 1.81 bits per heavy atom. The number of amides is 1. The Bertz CT molecular complexity index is 878. The maximum Gasteiger partial charge on any atom is 0.265 e. The lowest BCUT2D eigenvalue weighted by molar-refractivity contribution is -0.122. The Balaban J connectivity index is 2.31. The summed E-state index contributed by atoms with van der Waals surface area (Å²) in [4.78, 5) is 16.6. The number of hydrogen-bond acceptors (Lipinski definition) is 5. The predicted octanol–water partition coefficient (Wildman–Crippen LogP) is 1.74. The van der Waals surface area contributed by atoms with Crippen LogP contribution < -0.4 is 16.9 Å². The molecule has 0 fully saturated rings. The highest BCUT2D eigenvalue weighted by Crippen LogP contribution is 2.26. The van der Waals surface area contributed by atoms with Crippen LogP contribution in [0.15, 0.2) is 46.5 Å². The van der Waals surface area contributed by atoms with Crippen LogP contribution in [0.25, 0.3) is 0 Å². The monoisotopic (exact) mass is 409 g/mol. The summed E-state index contributed by atoms with van der Waals surface area (Å²) in [5, 5.41) is 23.3. The molecule has 2 aromatic carbocycles. The molecule has 0 spiro atoms. The van der Waals surface area contributed by atoms with Crippen molar-refractivity contribution in [3.63, 3.8) is 0 Å². The van der Waals surface area contributed by atoms with Crippen molar-refractivity contribution < 1.29 is 15.0 Å². The highest BCUT2D eigenvalue weighted by Gasteiger charge is 2.18. The number of aromatic hydroxyl groups is 2. The number of rotatable bonds is 6. The van der Waals surface area contributed by atoms with Crippen LogP contribution in [0.2, 0.25) is 10.0 Å². The third-order valence-electron chi connectivity index (χ3n) is 3.45. The first-order valence-corrected chi connectivity index (χ1v) is 8.40. The van der Waals surface area contributed by atoms with Gasteiger partial charge in [0.15, 0.2) is 11.5 Å². The topological polar surface area (TPSA) is 146 Å². The average Bonchev–Trinajstić information content (AvgIpc) is 2.61. The van der Waals surface area contributed by atoms with Crippen molar-refractivity contribution in [1.82, 2.24) is 5.43 Å². The smallest absolute Gasteiger partial charge is 0.265 e. The summed E-state index contributed by atoms with van der Waals surface area (Å²) >= 11 is 12.2. The summed E-state index contributed by atoms with van der Waals surface area (Å²) in [6.07, 6.45) is 1.48. The zero-order valence-corrected chi connectivity index (χ0v) is 15.4. The number of carbonyl (C=O) groups is 1. The molecule has 0 aliphatic carbocycles. The minimum atomic E-state index is -0.954. The second-order valence-corrected chi connectivity index (χ2v) is 6.28. The Morgan fingerprint density at radius 3 is 2.41 bits per heavy atom. The molecule has 0 radical (unpaired) electrons. The van der Waals surface area contributed by atoms with Crippen molar-refractivity contribution in [2.75, 3.05) is 0 Å². The Morgan fingerprint density at radius 1 is 1.15 bits per heavy atom. The van der Waals surface area contributed by atoms with Crippen molar-refractivity contribution in [3.05, 3.63) is 57.6 Å². The molecule has 0 aliphatic rings. The van der Waals surface area contributed by atoms with E-state index >= 15 is 0 Å². The standard InChI is InChI=1S/C17H17Cl2N5O3/c18-11-2-1-3-12(19)10(11)8-22-13(16(27)23-24-17(20)21)6-9-4-5-14(25)15(26)7-9/h1-5,7-8,13,25-26H,6H2,(H,23,27)(H4,20,21,24)/t13-/m0/s1. The molecule has 2 aromatic rings. The highest BCUT2D eigenvalue weighted by atomic mass is 35.5. The summed E-state index contributed by atoms with van der Waals surface area (Å²) in [5.41, 5.74) is 13.6. The van der Waals surface area contributed by atoms with Gasteiger partial charge in [0.2, 0.25) is 5.96 Å². The molecule has 0 aliphatic heterocycles. The van der Waals surface area contributed by atoms with Gasteiger partial charge in [-0.1, -0.05) is 35.3 Å². The number of hydrazone groups is 1. The molecule has 1 atom stereocenters. The van der Waals surface area contributed by atoms with E-state index in [1.165, 1.54) is 18.3 Å². The van der Waals surface area contributed by atoms with Crippen LogP contribution >= 0.6 is 23.2 Å². The summed E-state index contributed by atoms with van der Waals surface area (Å²) < 4.78 is 0. The SMILES string of the molecule is NC(N)=NNC(=O)[C@H](Cc1ccc(O)c(O)c1)N=Cc1c(Cl)cccc1Cl. The molecule has 27 heavy (non-hydrogen) atoms. The number of phenols is 2. The molecule has 142 valence electrons. The largest absolute Gasteiger partial charge is 0.504 e. The number of phenolic OH excluding ortho intramolecular Hbond substituents is 2. The van der Waals surface area contributed by atoms with Crippen LogP contribution in [0.1, 0.15) is 11.1 Å². The molecule has 2 rings (SSSR count). The molecular formula is C17H17Cl2N5O3. The van der Waals surface area contributed by atoms with Gasteiger partial charge >= 0.3 is 0 Å². The Hall–Kier alpha value is -2.97. The van der Waals surface area contributed by atoms with Gasteiger partial charge in [-0.3, -0.25) is 9.79 Å². The van der Waals surface area contributed by atoms with E-state index in [4.69, 9.17) is 34.7 Å². The van der Waals surface area contributed by atoms with Gasteiger partial charge in [0, 0.05) is 18.2 Å². The van der Waals surface area contributed by atoms with Crippen LogP contribution in [-0.4, -0.2) is 34.3 Å². The normalized spacial score (nSPS) is 11.9. The number of carbonyl (C=O) groups excluding carboxylic acids is 1. The molecular weight excluding hydrogens is 393 g/mol. The van der Waals surface area contributed by atoms with E-state index in [9.17, 15) is 15.0 Å². The van der Waals surface area contributed by atoms with E-state index in [2.05, 4.69) is 15.5 Å². The number of aliphatic imine (C=N–C) groups is 1. The molecule has 0 aromatic heterocycles. The number of hydrogen-bond donors (Lipinski definition) is 5. The number of benzene rings is 2.